The number of rotatable bonds is 9. The number of ether oxygens (including phenoxy) is 3. The molecule has 0 amide bonds. The van der Waals surface area contributed by atoms with Crippen LogP contribution in [0.4, 0.5) is 5.69 Å². The fourth-order valence-corrected chi connectivity index (χ4v) is 5.35. The summed E-state index contributed by atoms with van der Waals surface area (Å²) in [6, 6.07) is 12.6. The Kier molecular flexibility index (Phi) is 9.13. The van der Waals surface area contributed by atoms with Gasteiger partial charge in [0.05, 0.1) is 36.9 Å². The number of sulfonamides is 1. The predicted octanol–water partition coefficient (Wildman–Crippen LogP) is 4.94. The zero-order valence-electron chi connectivity index (χ0n) is 22.8. The van der Waals surface area contributed by atoms with Gasteiger partial charge in [0.1, 0.15) is 11.4 Å². The zero-order chi connectivity index (χ0) is 28.8. The van der Waals surface area contributed by atoms with Gasteiger partial charge in [0.25, 0.3) is 10.0 Å². The van der Waals surface area contributed by atoms with Crippen molar-refractivity contribution in [2.45, 2.75) is 44.7 Å². The smallest absolute Gasteiger partial charge is 0.340 e. The lowest BCUT2D eigenvalue weighted by Gasteiger charge is -2.28. The lowest BCUT2D eigenvalue weighted by molar-refractivity contribution is -0.148. The molecule has 206 valence electrons. The van der Waals surface area contributed by atoms with Gasteiger partial charge >= 0.3 is 11.9 Å². The molecule has 0 aliphatic heterocycles. The van der Waals surface area contributed by atoms with E-state index in [1.165, 1.54) is 44.6 Å². The van der Waals surface area contributed by atoms with Gasteiger partial charge in [0, 0.05) is 18.5 Å². The van der Waals surface area contributed by atoms with E-state index in [1.807, 2.05) is 0 Å². The van der Waals surface area contributed by atoms with Gasteiger partial charge in [-0.25, -0.2) is 18.0 Å². The summed E-state index contributed by atoms with van der Waals surface area (Å²) >= 11 is 0. The molecule has 9 nitrogen and oxygen atoms in total. The number of benzene rings is 2. The molecule has 0 saturated carbocycles. The largest absolute Gasteiger partial charge is 0.497 e. The van der Waals surface area contributed by atoms with Crippen LogP contribution in [0.2, 0.25) is 0 Å². The summed E-state index contributed by atoms with van der Waals surface area (Å²) < 4.78 is 44.7. The summed E-state index contributed by atoms with van der Waals surface area (Å²) in [6.07, 6.45) is 5.90. The second-order valence-corrected chi connectivity index (χ2v) is 11.5. The van der Waals surface area contributed by atoms with Crippen molar-refractivity contribution in [1.29, 1.82) is 0 Å². The van der Waals surface area contributed by atoms with E-state index in [0.717, 1.165) is 4.31 Å². The van der Waals surface area contributed by atoms with E-state index in [-0.39, 0.29) is 22.7 Å². The van der Waals surface area contributed by atoms with Crippen LogP contribution in [0.15, 0.2) is 71.9 Å². The van der Waals surface area contributed by atoms with Crippen LogP contribution < -0.4 is 9.04 Å². The van der Waals surface area contributed by atoms with Crippen LogP contribution in [-0.4, -0.2) is 45.2 Å². The lowest BCUT2D eigenvalue weighted by Crippen LogP contribution is -2.33. The maximum absolute atomic E-state index is 14.0. The Morgan fingerprint density at radius 2 is 1.74 bits per heavy atom. The molecule has 1 aromatic heterocycles. The molecule has 0 aliphatic rings. The van der Waals surface area contributed by atoms with Gasteiger partial charge in [0.2, 0.25) is 0 Å². The minimum absolute atomic E-state index is 0.0105. The van der Waals surface area contributed by atoms with E-state index in [1.54, 1.807) is 70.4 Å². The number of carbonyl (C=O) groups excluding carboxylic acids is 2. The van der Waals surface area contributed by atoms with Crippen molar-refractivity contribution in [3.63, 3.8) is 0 Å². The van der Waals surface area contributed by atoms with E-state index >= 15 is 0 Å². The van der Waals surface area contributed by atoms with Crippen molar-refractivity contribution >= 4 is 33.7 Å². The molecule has 2 aromatic carbocycles. The van der Waals surface area contributed by atoms with E-state index < -0.39 is 27.6 Å². The van der Waals surface area contributed by atoms with E-state index in [9.17, 15) is 18.0 Å². The van der Waals surface area contributed by atoms with Crippen molar-refractivity contribution in [3.8, 4) is 5.75 Å². The minimum Gasteiger partial charge on any atom is -0.497 e. The SMILES string of the molecule is COC(=O)c1cc(C=CC(=O)OC(C)(C)C)cc(C)c1N(Cc1cccnc1)S(=O)(=O)c1ccc(OC)cc1. The van der Waals surface area contributed by atoms with Crippen molar-refractivity contribution < 1.29 is 32.2 Å². The molecule has 10 heteroatoms. The van der Waals surface area contributed by atoms with Crippen LogP contribution in [0, 0.1) is 6.92 Å². The molecule has 0 saturated heterocycles. The Labute approximate surface area is 229 Å². The summed E-state index contributed by atoms with van der Waals surface area (Å²) in [7, 11) is -1.47. The average molecular weight is 553 g/mol. The van der Waals surface area contributed by atoms with E-state index in [2.05, 4.69) is 4.98 Å². The van der Waals surface area contributed by atoms with Crippen molar-refractivity contribution in [2.75, 3.05) is 18.5 Å². The van der Waals surface area contributed by atoms with Gasteiger partial charge in [-0.1, -0.05) is 6.07 Å². The molecule has 0 radical (unpaired) electrons. The maximum Gasteiger partial charge on any atom is 0.340 e. The summed E-state index contributed by atoms with van der Waals surface area (Å²) in [4.78, 5) is 29.3. The Hall–Kier alpha value is -4.18. The van der Waals surface area contributed by atoms with Gasteiger partial charge in [-0.2, -0.15) is 0 Å². The summed E-state index contributed by atoms with van der Waals surface area (Å²) in [5.41, 5.74) is 1.08. The minimum atomic E-state index is -4.17. The second-order valence-electron chi connectivity index (χ2n) is 9.64. The van der Waals surface area contributed by atoms with Gasteiger partial charge < -0.3 is 14.2 Å². The first-order valence-electron chi connectivity index (χ1n) is 12.1. The molecule has 1 heterocycles. The van der Waals surface area contributed by atoms with Crippen LogP contribution in [0.5, 0.6) is 5.75 Å². The number of anilines is 1. The van der Waals surface area contributed by atoms with Crippen molar-refractivity contribution in [3.05, 3.63) is 89.3 Å². The number of aryl methyl sites for hydroxylation is 1. The molecular formula is C29H32N2O7S. The molecule has 0 bridgehead atoms. The normalized spacial score (nSPS) is 11.7. The Morgan fingerprint density at radius 3 is 2.31 bits per heavy atom. The number of pyridine rings is 1. The van der Waals surface area contributed by atoms with Crippen LogP contribution in [-0.2, 0) is 30.8 Å². The summed E-state index contributed by atoms with van der Waals surface area (Å²) in [5, 5.41) is 0. The molecule has 3 rings (SSSR count). The highest BCUT2D eigenvalue weighted by Gasteiger charge is 2.31. The summed E-state index contributed by atoms with van der Waals surface area (Å²) in [5.74, 6) is -0.786. The zero-order valence-corrected chi connectivity index (χ0v) is 23.6. The molecule has 0 spiro atoms. The van der Waals surface area contributed by atoms with Crippen LogP contribution in [0.3, 0.4) is 0 Å². The Balaban J connectivity index is 2.18. The number of hydrogen-bond acceptors (Lipinski definition) is 8. The third-order valence-corrected chi connectivity index (χ3v) is 7.25. The van der Waals surface area contributed by atoms with Crippen LogP contribution >= 0.6 is 0 Å². The highest BCUT2D eigenvalue weighted by molar-refractivity contribution is 7.92. The lowest BCUT2D eigenvalue weighted by atomic mass is 10.0. The predicted molar refractivity (Wildman–Crippen MR) is 148 cm³/mol. The molecular weight excluding hydrogens is 520 g/mol. The highest BCUT2D eigenvalue weighted by Crippen LogP contribution is 2.34. The Bertz CT molecular complexity index is 1460. The van der Waals surface area contributed by atoms with Crippen LogP contribution in [0.1, 0.15) is 47.8 Å². The fourth-order valence-electron chi connectivity index (χ4n) is 3.82. The highest BCUT2D eigenvalue weighted by atomic mass is 32.2. The molecule has 0 unspecified atom stereocenters. The number of methoxy groups -OCH3 is 2. The quantitative estimate of drug-likeness (QED) is 0.271. The molecule has 0 fully saturated rings. The first-order chi connectivity index (χ1) is 18.4. The van der Waals surface area contributed by atoms with E-state index in [0.29, 0.717) is 22.4 Å². The fraction of sp³-hybridized carbons (Fsp3) is 0.276. The van der Waals surface area contributed by atoms with Gasteiger partial charge in [0.15, 0.2) is 0 Å². The van der Waals surface area contributed by atoms with Gasteiger partial charge in [-0.3, -0.25) is 9.29 Å². The second kappa shape index (κ2) is 12.1. The topological polar surface area (TPSA) is 112 Å². The molecule has 0 aliphatic carbocycles. The number of carbonyl (C=O) groups is 2. The number of esters is 2. The number of hydrogen-bond donors (Lipinski definition) is 0. The molecule has 3 aromatic rings. The molecule has 0 N–H and O–H groups in total. The standard InChI is InChI=1S/C29H32N2O7S/c1-20-16-21(9-14-26(32)38-29(2,3)4)17-25(28(33)37-6)27(20)31(19-22-8-7-15-30-18-22)39(34,35)24-12-10-23(36-5)11-13-24/h7-18H,19H2,1-6H3. The van der Waals surface area contributed by atoms with Crippen LogP contribution in [0.25, 0.3) is 6.08 Å². The first-order valence-corrected chi connectivity index (χ1v) is 13.5. The maximum atomic E-state index is 14.0. The number of aromatic nitrogens is 1. The average Bonchev–Trinajstić information content (AvgIpc) is 2.89. The summed E-state index contributed by atoms with van der Waals surface area (Å²) in [6.45, 7) is 6.86. The third kappa shape index (κ3) is 7.44. The van der Waals surface area contributed by atoms with Gasteiger partial charge in [-0.05, 0) is 92.9 Å². The van der Waals surface area contributed by atoms with Crippen molar-refractivity contribution in [2.24, 2.45) is 0 Å². The molecule has 39 heavy (non-hydrogen) atoms. The first kappa shape index (κ1) is 29.4. The number of nitrogens with zero attached hydrogens (tertiary/aromatic N) is 2. The van der Waals surface area contributed by atoms with Crippen molar-refractivity contribution in [1.82, 2.24) is 4.98 Å². The third-order valence-electron chi connectivity index (χ3n) is 5.49. The van der Waals surface area contributed by atoms with E-state index in [4.69, 9.17) is 14.2 Å². The van der Waals surface area contributed by atoms with Gasteiger partial charge in [-0.15, -0.1) is 0 Å². The monoisotopic (exact) mass is 552 g/mol. The Morgan fingerprint density at radius 1 is 1.05 bits per heavy atom. The molecule has 0 atom stereocenters.